The van der Waals surface area contributed by atoms with E-state index in [4.69, 9.17) is 25.7 Å². The number of hydrogen-bond donors (Lipinski definition) is 2. The number of unbranched alkanes of at least 4 members (excludes halogenated alkanes) is 1. The highest BCUT2D eigenvalue weighted by atomic mass is 19.4. The predicted octanol–water partition coefficient (Wildman–Crippen LogP) is 5.98. The third-order valence-electron chi connectivity index (χ3n) is 5.39. The van der Waals surface area contributed by atoms with Crippen LogP contribution >= 0.6 is 0 Å². The molecule has 0 saturated carbocycles. The molecule has 0 saturated heterocycles. The average Bonchev–Trinajstić information content (AvgIpc) is 2.87. The Morgan fingerprint density at radius 3 is 2.10 bits per heavy atom. The summed E-state index contributed by atoms with van der Waals surface area (Å²) in [6, 6.07) is 17.9. The lowest BCUT2D eigenvalue weighted by molar-refractivity contribution is -0.138. The zero-order chi connectivity index (χ0) is 28.3. The molecule has 3 rings (SSSR count). The summed E-state index contributed by atoms with van der Waals surface area (Å²) in [5.41, 5.74) is 14.5. The molecular weight excluding hydrogens is 513 g/mol. The van der Waals surface area contributed by atoms with Crippen LogP contribution in [0.5, 0.6) is 11.5 Å². The molecule has 0 aliphatic carbocycles. The molecule has 0 heterocycles. The van der Waals surface area contributed by atoms with Crippen LogP contribution in [-0.4, -0.2) is 31.3 Å². The molecule has 4 N–H and O–H groups in total. The first-order valence-corrected chi connectivity index (χ1v) is 12.2. The molecule has 0 radical (unpaired) electrons. The summed E-state index contributed by atoms with van der Waals surface area (Å²) in [6.45, 7) is 0.332. The lowest BCUT2D eigenvalue weighted by Gasteiger charge is -2.09. The lowest BCUT2D eigenvalue weighted by atomic mass is 10.1. The summed E-state index contributed by atoms with van der Waals surface area (Å²) in [6.07, 6.45) is -1.38. The van der Waals surface area contributed by atoms with Crippen molar-refractivity contribution in [3.8, 4) is 11.5 Å². The number of nitrogen functional groups attached to an aromatic ring is 2. The monoisotopic (exact) mass is 542 g/mol. The third-order valence-corrected chi connectivity index (χ3v) is 5.39. The molecule has 39 heavy (non-hydrogen) atoms. The summed E-state index contributed by atoms with van der Waals surface area (Å²) in [5, 5.41) is 0. The van der Waals surface area contributed by atoms with Gasteiger partial charge >= 0.3 is 18.1 Å². The summed E-state index contributed by atoms with van der Waals surface area (Å²) in [4.78, 5) is 24.4. The molecule has 0 bridgehead atoms. The number of anilines is 2. The highest BCUT2D eigenvalue weighted by Crippen LogP contribution is 2.23. The standard InChI is InChI=1S/C29H29F3N2O5/c30-29(31,32)14-1-2-15-37-25-8-10-26(11-9-25)39-28(36)22-6-3-20(4-7-22)5-12-27(35)38-16-13-21-17-23(33)19-24(34)18-21/h3-12,17-19H,1-2,13-16,33-34H2/b12-5+. The van der Waals surface area contributed by atoms with Crippen molar-refractivity contribution >= 4 is 29.4 Å². The highest BCUT2D eigenvalue weighted by molar-refractivity contribution is 5.91. The first-order valence-electron chi connectivity index (χ1n) is 12.2. The Balaban J connectivity index is 1.40. The van der Waals surface area contributed by atoms with E-state index >= 15 is 0 Å². The zero-order valence-electron chi connectivity index (χ0n) is 21.1. The second kappa shape index (κ2) is 13.9. The van der Waals surface area contributed by atoms with E-state index in [0.717, 1.165) is 5.56 Å². The number of nitrogens with two attached hydrogens (primary N) is 2. The molecule has 3 aromatic carbocycles. The Bertz CT molecular complexity index is 1250. The SMILES string of the molecule is Nc1cc(N)cc(CCOC(=O)/C=C/c2ccc(C(=O)Oc3ccc(OCCCCC(F)(F)F)cc3)cc2)c1. The molecule has 0 aliphatic rings. The Morgan fingerprint density at radius 1 is 0.821 bits per heavy atom. The van der Waals surface area contributed by atoms with E-state index in [2.05, 4.69) is 0 Å². The molecule has 3 aromatic rings. The molecule has 0 atom stereocenters. The molecule has 7 nitrogen and oxygen atoms in total. The van der Waals surface area contributed by atoms with E-state index in [9.17, 15) is 22.8 Å². The third kappa shape index (κ3) is 10.8. The fraction of sp³-hybridized carbons (Fsp3) is 0.241. The number of hydrogen-bond acceptors (Lipinski definition) is 7. The minimum atomic E-state index is -4.16. The van der Waals surface area contributed by atoms with Gasteiger partial charge in [-0.3, -0.25) is 0 Å². The van der Waals surface area contributed by atoms with Gasteiger partial charge in [0.15, 0.2) is 0 Å². The number of benzene rings is 3. The van der Waals surface area contributed by atoms with Gasteiger partial charge in [0.2, 0.25) is 0 Å². The second-order valence-electron chi connectivity index (χ2n) is 8.66. The summed E-state index contributed by atoms with van der Waals surface area (Å²) in [5.74, 6) is -0.333. The Morgan fingerprint density at radius 2 is 1.46 bits per heavy atom. The fourth-order valence-corrected chi connectivity index (χ4v) is 3.49. The quantitative estimate of drug-likeness (QED) is 0.0951. The predicted molar refractivity (Wildman–Crippen MR) is 142 cm³/mol. The van der Waals surface area contributed by atoms with Crippen LogP contribution in [0.2, 0.25) is 0 Å². The number of esters is 2. The van der Waals surface area contributed by atoms with Crippen LogP contribution < -0.4 is 20.9 Å². The number of halogens is 3. The number of carbonyl (C=O) groups is 2. The van der Waals surface area contributed by atoms with Gasteiger partial charge in [-0.2, -0.15) is 13.2 Å². The van der Waals surface area contributed by atoms with E-state index in [0.29, 0.717) is 34.7 Å². The summed E-state index contributed by atoms with van der Waals surface area (Å²) in [7, 11) is 0. The van der Waals surface area contributed by atoms with Gasteiger partial charge in [-0.15, -0.1) is 0 Å². The first kappa shape index (κ1) is 29.1. The van der Waals surface area contributed by atoms with Crippen molar-refractivity contribution in [2.75, 3.05) is 24.7 Å². The van der Waals surface area contributed by atoms with Crippen molar-refractivity contribution in [1.82, 2.24) is 0 Å². The van der Waals surface area contributed by atoms with Gasteiger partial charge in [-0.05, 0) is 84.6 Å². The fourth-order valence-electron chi connectivity index (χ4n) is 3.49. The van der Waals surface area contributed by atoms with E-state index in [1.807, 2.05) is 0 Å². The number of ether oxygens (including phenoxy) is 3. The maximum absolute atomic E-state index is 12.4. The molecule has 0 amide bonds. The number of carbonyl (C=O) groups excluding carboxylic acids is 2. The molecule has 0 aromatic heterocycles. The van der Waals surface area contributed by atoms with Gasteiger partial charge in [0.25, 0.3) is 0 Å². The lowest BCUT2D eigenvalue weighted by Crippen LogP contribution is -2.08. The maximum Gasteiger partial charge on any atom is 0.389 e. The Kier molecular flexibility index (Phi) is 10.4. The zero-order valence-corrected chi connectivity index (χ0v) is 21.1. The molecule has 206 valence electrons. The van der Waals surface area contributed by atoms with E-state index in [-0.39, 0.29) is 31.8 Å². The molecular formula is C29H29F3N2O5. The second-order valence-corrected chi connectivity index (χ2v) is 8.66. The molecule has 0 aliphatic heterocycles. The Labute approximate surface area is 224 Å². The van der Waals surface area contributed by atoms with Crippen LogP contribution in [-0.2, 0) is 16.0 Å². The molecule has 0 unspecified atom stereocenters. The van der Waals surface area contributed by atoms with Crippen molar-refractivity contribution < 1.29 is 37.0 Å². The van der Waals surface area contributed by atoms with Crippen LogP contribution in [0.25, 0.3) is 6.08 Å². The Hall–Kier alpha value is -4.47. The summed E-state index contributed by atoms with van der Waals surface area (Å²) >= 11 is 0. The van der Waals surface area contributed by atoms with Gasteiger partial charge < -0.3 is 25.7 Å². The largest absolute Gasteiger partial charge is 0.494 e. The van der Waals surface area contributed by atoms with Crippen LogP contribution in [0.4, 0.5) is 24.5 Å². The van der Waals surface area contributed by atoms with Crippen LogP contribution in [0, 0.1) is 0 Å². The van der Waals surface area contributed by atoms with Crippen LogP contribution in [0.3, 0.4) is 0 Å². The van der Waals surface area contributed by atoms with Crippen molar-refractivity contribution in [1.29, 1.82) is 0 Å². The number of rotatable bonds is 12. The first-order chi connectivity index (χ1) is 18.6. The van der Waals surface area contributed by atoms with Crippen molar-refractivity contribution in [2.24, 2.45) is 0 Å². The van der Waals surface area contributed by atoms with Crippen molar-refractivity contribution in [3.05, 3.63) is 89.5 Å². The maximum atomic E-state index is 12.4. The average molecular weight is 543 g/mol. The van der Waals surface area contributed by atoms with Gasteiger partial charge in [0, 0.05) is 30.3 Å². The van der Waals surface area contributed by atoms with E-state index in [1.165, 1.54) is 18.2 Å². The molecule has 10 heteroatoms. The van der Waals surface area contributed by atoms with Crippen LogP contribution in [0.15, 0.2) is 72.8 Å². The van der Waals surface area contributed by atoms with Crippen molar-refractivity contribution in [3.63, 3.8) is 0 Å². The molecule has 0 spiro atoms. The van der Waals surface area contributed by atoms with Gasteiger partial charge in [-0.1, -0.05) is 12.1 Å². The normalized spacial score (nSPS) is 11.4. The topological polar surface area (TPSA) is 114 Å². The minimum Gasteiger partial charge on any atom is -0.494 e. The molecule has 0 fully saturated rings. The number of alkyl halides is 3. The van der Waals surface area contributed by atoms with Gasteiger partial charge in [-0.25, -0.2) is 9.59 Å². The van der Waals surface area contributed by atoms with Gasteiger partial charge in [0.05, 0.1) is 18.8 Å². The van der Waals surface area contributed by atoms with Crippen molar-refractivity contribution in [2.45, 2.75) is 31.9 Å². The highest BCUT2D eigenvalue weighted by Gasteiger charge is 2.25. The minimum absolute atomic E-state index is 0.000854. The van der Waals surface area contributed by atoms with Crippen LogP contribution in [0.1, 0.15) is 40.7 Å². The van der Waals surface area contributed by atoms with E-state index < -0.39 is 24.5 Å². The smallest absolute Gasteiger partial charge is 0.389 e. The van der Waals surface area contributed by atoms with Gasteiger partial charge in [0.1, 0.15) is 11.5 Å². The van der Waals surface area contributed by atoms with E-state index in [1.54, 1.807) is 60.7 Å². The summed E-state index contributed by atoms with van der Waals surface area (Å²) < 4.78 is 52.4.